The molecule has 1 unspecified atom stereocenters. The Bertz CT molecular complexity index is 410. The van der Waals surface area contributed by atoms with E-state index in [9.17, 15) is 5.11 Å². The Morgan fingerprint density at radius 3 is 2.85 bits per heavy atom. The number of hydrogen-bond acceptors (Lipinski definition) is 4. The van der Waals surface area contributed by atoms with Gasteiger partial charge in [-0.05, 0) is 37.6 Å². The molecule has 0 heterocycles. The van der Waals surface area contributed by atoms with Crippen LogP contribution in [0.4, 0.5) is 0 Å². The van der Waals surface area contributed by atoms with Gasteiger partial charge < -0.3 is 19.9 Å². The summed E-state index contributed by atoms with van der Waals surface area (Å²) in [5, 5.41) is 13.6. The Labute approximate surface area is 121 Å². The highest BCUT2D eigenvalue weighted by Gasteiger charge is 2.30. The van der Waals surface area contributed by atoms with Crippen molar-refractivity contribution in [2.45, 2.75) is 37.8 Å². The van der Waals surface area contributed by atoms with Crippen molar-refractivity contribution in [2.75, 3.05) is 21.0 Å². The van der Waals surface area contributed by atoms with Gasteiger partial charge in [-0.1, -0.05) is 25.0 Å². The Morgan fingerprint density at radius 2 is 2.15 bits per heavy atom. The minimum Gasteiger partial charge on any atom is -0.468 e. The number of aliphatic hydroxyl groups excluding tert-OH is 1. The van der Waals surface area contributed by atoms with Crippen molar-refractivity contribution in [3.05, 3.63) is 29.8 Å². The van der Waals surface area contributed by atoms with Gasteiger partial charge in [-0.2, -0.15) is 0 Å². The summed E-state index contributed by atoms with van der Waals surface area (Å²) in [6.45, 7) is 0.250. The van der Waals surface area contributed by atoms with E-state index in [0.29, 0.717) is 0 Å². The van der Waals surface area contributed by atoms with Crippen molar-refractivity contribution in [2.24, 2.45) is 5.92 Å². The van der Waals surface area contributed by atoms with Crippen LogP contribution in [0.25, 0.3) is 0 Å². The first-order valence-corrected chi connectivity index (χ1v) is 7.33. The van der Waals surface area contributed by atoms with Crippen LogP contribution in [0.15, 0.2) is 24.3 Å². The lowest BCUT2D eigenvalue weighted by Crippen LogP contribution is -2.35. The Morgan fingerprint density at radius 1 is 1.35 bits per heavy atom. The summed E-state index contributed by atoms with van der Waals surface area (Å²) < 4.78 is 10.4. The van der Waals surface area contributed by atoms with Crippen molar-refractivity contribution in [1.29, 1.82) is 0 Å². The van der Waals surface area contributed by atoms with Gasteiger partial charge in [0.25, 0.3) is 0 Å². The SMILES string of the molecule is CNC(c1cccc(OCOC)c1)[C@@H]1CCCC[C@@H]1O. The van der Waals surface area contributed by atoms with Crippen LogP contribution in [0, 0.1) is 5.92 Å². The fraction of sp³-hybridized carbons (Fsp3) is 0.625. The van der Waals surface area contributed by atoms with Gasteiger partial charge in [-0.3, -0.25) is 0 Å². The fourth-order valence-electron chi connectivity index (χ4n) is 3.08. The molecule has 1 aromatic carbocycles. The normalized spacial score (nSPS) is 24.4. The van der Waals surface area contributed by atoms with Crippen molar-refractivity contribution in [3.8, 4) is 5.75 Å². The van der Waals surface area contributed by atoms with E-state index in [1.165, 1.54) is 6.42 Å². The first-order chi connectivity index (χ1) is 9.76. The quantitative estimate of drug-likeness (QED) is 0.786. The van der Waals surface area contributed by atoms with Gasteiger partial charge >= 0.3 is 0 Å². The molecule has 112 valence electrons. The van der Waals surface area contributed by atoms with Crippen LogP contribution in [0.5, 0.6) is 5.75 Å². The zero-order valence-corrected chi connectivity index (χ0v) is 12.3. The summed E-state index contributed by atoms with van der Waals surface area (Å²) in [6.07, 6.45) is 4.08. The molecule has 1 aliphatic rings. The highest BCUT2D eigenvalue weighted by atomic mass is 16.7. The maximum atomic E-state index is 10.3. The first-order valence-electron chi connectivity index (χ1n) is 7.33. The molecule has 3 atom stereocenters. The molecule has 20 heavy (non-hydrogen) atoms. The van der Waals surface area contributed by atoms with Gasteiger partial charge in [-0.15, -0.1) is 0 Å². The van der Waals surface area contributed by atoms with Gasteiger partial charge in [-0.25, -0.2) is 0 Å². The molecule has 0 amide bonds. The average molecular weight is 279 g/mol. The van der Waals surface area contributed by atoms with Crippen LogP contribution in [0.3, 0.4) is 0 Å². The topological polar surface area (TPSA) is 50.7 Å². The van der Waals surface area contributed by atoms with E-state index in [1.54, 1.807) is 7.11 Å². The molecule has 0 saturated heterocycles. The second kappa shape index (κ2) is 7.62. The van der Waals surface area contributed by atoms with Gasteiger partial charge in [0.1, 0.15) is 5.75 Å². The van der Waals surface area contributed by atoms with Gasteiger partial charge in [0.05, 0.1) is 6.10 Å². The largest absolute Gasteiger partial charge is 0.468 e. The predicted molar refractivity (Wildman–Crippen MR) is 78.7 cm³/mol. The van der Waals surface area contributed by atoms with Crippen LogP contribution >= 0.6 is 0 Å². The Balaban J connectivity index is 2.13. The molecule has 0 aliphatic heterocycles. The monoisotopic (exact) mass is 279 g/mol. The van der Waals surface area contributed by atoms with Crippen LogP contribution in [-0.2, 0) is 4.74 Å². The van der Waals surface area contributed by atoms with E-state index >= 15 is 0 Å². The highest BCUT2D eigenvalue weighted by molar-refractivity contribution is 5.31. The zero-order chi connectivity index (χ0) is 14.4. The van der Waals surface area contributed by atoms with Crippen LogP contribution in [-0.4, -0.2) is 32.2 Å². The van der Waals surface area contributed by atoms with E-state index in [1.807, 2.05) is 25.2 Å². The molecule has 1 saturated carbocycles. The molecule has 0 bridgehead atoms. The Hall–Kier alpha value is -1.10. The summed E-state index contributed by atoms with van der Waals surface area (Å²) in [7, 11) is 3.56. The van der Waals surface area contributed by atoms with E-state index < -0.39 is 0 Å². The van der Waals surface area contributed by atoms with Crippen LogP contribution in [0.1, 0.15) is 37.3 Å². The maximum Gasteiger partial charge on any atom is 0.188 e. The molecule has 4 heteroatoms. The van der Waals surface area contributed by atoms with E-state index in [2.05, 4.69) is 11.4 Å². The predicted octanol–water partition coefficient (Wildman–Crippen LogP) is 2.48. The van der Waals surface area contributed by atoms with Crippen molar-refractivity contribution < 1.29 is 14.6 Å². The molecule has 1 aliphatic carbocycles. The summed E-state index contributed by atoms with van der Waals surface area (Å²) in [6, 6.07) is 8.19. The summed E-state index contributed by atoms with van der Waals surface area (Å²) in [4.78, 5) is 0. The number of benzene rings is 1. The molecule has 0 radical (unpaired) electrons. The maximum absolute atomic E-state index is 10.3. The number of ether oxygens (including phenoxy) is 2. The molecule has 0 spiro atoms. The van der Waals surface area contributed by atoms with E-state index in [0.717, 1.165) is 30.6 Å². The third-order valence-corrected chi connectivity index (χ3v) is 4.08. The minimum atomic E-state index is -0.218. The summed E-state index contributed by atoms with van der Waals surface area (Å²) in [5.74, 6) is 1.07. The summed E-state index contributed by atoms with van der Waals surface area (Å²) >= 11 is 0. The molecule has 4 nitrogen and oxygen atoms in total. The molecule has 1 aromatic rings. The second-order valence-electron chi connectivity index (χ2n) is 5.41. The third-order valence-electron chi connectivity index (χ3n) is 4.08. The molecule has 1 fully saturated rings. The van der Waals surface area contributed by atoms with Crippen LogP contribution < -0.4 is 10.1 Å². The minimum absolute atomic E-state index is 0.163. The Kier molecular flexibility index (Phi) is 5.83. The van der Waals surface area contributed by atoms with Crippen LogP contribution in [0.2, 0.25) is 0 Å². The summed E-state index contributed by atoms with van der Waals surface area (Å²) in [5.41, 5.74) is 1.16. The first kappa shape index (κ1) is 15.3. The smallest absolute Gasteiger partial charge is 0.188 e. The zero-order valence-electron chi connectivity index (χ0n) is 12.3. The number of methoxy groups -OCH3 is 1. The van der Waals surface area contributed by atoms with Crippen molar-refractivity contribution in [1.82, 2.24) is 5.32 Å². The van der Waals surface area contributed by atoms with Crippen molar-refractivity contribution >= 4 is 0 Å². The third kappa shape index (κ3) is 3.72. The number of rotatable bonds is 6. The highest BCUT2D eigenvalue weighted by Crippen LogP contribution is 2.35. The molecular formula is C16H25NO3. The molecule has 2 N–H and O–H groups in total. The van der Waals surface area contributed by atoms with Gasteiger partial charge in [0.15, 0.2) is 6.79 Å². The fourth-order valence-corrected chi connectivity index (χ4v) is 3.08. The lowest BCUT2D eigenvalue weighted by atomic mass is 9.79. The molecule has 2 rings (SSSR count). The van der Waals surface area contributed by atoms with E-state index in [-0.39, 0.29) is 24.9 Å². The van der Waals surface area contributed by atoms with Crippen molar-refractivity contribution in [3.63, 3.8) is 0 Å². The van der Waals surface area contributed by atoms with Gasteiger partial charge in [0.2, 0.25) is 0 Å². The number of aliphatic hydroxyl groups is 1. The lowest BCUT2D eigenvalue weighted by Gasteiger charge is -2.34. The van der Waals surface area contributed by atoms with E-state index in [4.69, 9.17) is 9.47 Å². The molecule has 0 aromatic heterocycles. The van der Waals surface area contributed by atoms with Gasteiger partial charge in [0, 0.05) is 19.1 Å². The number of nitrogens with one attached hydrogen (secondary N) is 1. The number of hydrogen-bond donors (Lipinski definition) is 2. The average Bonchev–Trinajstić information content (AvgIpc) is 2.48. The standard InChI is InChI=1S/C16H25NO3/c1-17-16(14-8-3-4-9-15(14)18)12-6-5-7-13(10-12)20-11-19-2/h5-7,10,14-18H,3-4,8-9,11H2,1-2H3/t14-,15+,16?/m1/s1. The second-order valence-corrected chi connectivity index (χ2v) is 5.41. The molecular weight excluding hydrogens is 254 g/mol. The lowest BCUT2D eigenvalue weighted by molar-refractivity contribution is 0.0473.